The molecule has 0 saturated heterocycles. The van der Waals surface area contributed by atoms with Crippen LogP contribution in [0.3, 0.4) is 0 Å². The number of rotatable bonds is 2. The van der Waals surface area contributed by atoms with E-state index in [0.717, 1.165) is 39.1 Å². The number of fused-ring (bicyclic) bond motifs is 9. The molecule has 6 aromatic carbocycles. The Morgan fingerprint density at radius 1 is 0.531 bits per heavy atom. The van der Waals surface area contributed by atoms with Crippen LogP contribution in [0.15, 0.2) is 121 Å². The van der Waals surface area contributed by atoms with E-state index in [1.165, 1.54) is 49.6 Å². The van der Waals surface area contributed by atoms with Crippen molar-refractivity contribution in [3.8, 4) is 27.9 Å². The normalized spacial score (nSPS) is 15.6. The summed E-state index contributed by atoms with van der Waals surface area (Å²) in [5, 5.41) is 2.51. The summed E-state index contributed by atoms with van der Waals surface area (Å²) in [4.78, 5) is 14.6. The van der Waals surface area contributed by atoms with Crippen molar-refractivity contribution >= 4 is 27.6 Å². The van der Waals surface area contributed by atoms with E-state index < -0.39 is 5.41 Å². The molecule has 0 spiro atoms. The van der Waals surface area contributed by atoms with Crippen LogP contribution in [-0.2, 0) is 16.2 Å². The molecule has 2 nitrogen and oxygen atoms in total. The second-order valence-electron chi connectivity index (χ2n) is 16.2. The van der Waals surface area contributed by atoms with Gasteiger partial charge < -0.3 is 4.57 Å². The van der Waals surface area contributed by atoms with Gasteiger partial charge in [0.25, 0.3) is 0 Å². The van der Waals surface area contributed by atoms with Crippen molar-refractivity contribution in [3.05, 3.63) is 160 Å². The quantitative estimate of drug-likeness (QED) is 0.185. The lowest BCUT2D eigenvalue weighted by atomic mass is 9.63. The van der Waals surface area contributed by atoms with Gasteiger partial charge >= 0.3 is 0 Å². The summed E-state index contributed by atoms with van der Waals surface area (Å²) in [6.45, 7) is 16.1. The molecule has 0 radical (unpaired) electrons. The zero-order chi connectivity index (χ0) is 34.0. The molecular formula is C47H41NO. The number of para-hydroxylation sites is 1. The van der Waals surface area contributed by atoms with E-state index in [4.69, 9.17) is 0 Å². The number of carbonyl (C=O) groups excluding carboxylic acids is 1. The molecule has 0 saturated carbocycles. The standard InChI is InChI=1S/C47H41NO/c1-45(2,3)39-26-29(28-15-9-8-10-16-28)25-36-41(39)47(6,7)38-27-30(21-22-35(38)44(36)49)48-40-20-14-12-18-32(40)34-24-23-33-31-17-11-13-19-37(31)46(4,5)42(33)43(34)48/h8-27H,1-7H3. The summed E-state index contributed by atoms with van der Waals surface area (Å²) >= 11 is 0. The molecule has 0 atom stereocenters. The topological polar surface area (TPSA) is 22.0 Å². The molecule has 0 fully saturated rings. The minimum absolute atomic E-state index is 0.110. The predicted octanol–water partition coefficient (Wildman–Crippen LogP) is 11.9. The van der Waals surface area contributed by atoms with Gasteiger partial charge in [-0.2, -0.15) is 0 Å². The fraction of sp³-hybridized carbons (Fsp3) is 0.213. The highest BCUT2D eigenvalue weighted by Crippen LogP contribution is 2.53. The first kappa shape index (κ1) is 29.9. The summed E-state index contributed by atoms with van der Waals surface area (Å²) in [5.41, 5.74) is 15.5. The molecule has 2 aliphatic rings. The van der Waals surface area contributed by atoms with Crippen molar-refractivity contribution in [2.45, 2.75) is 64.7 Å². The van der Waals surface area contributed by atoms with E-state index in [-0.39, 0.29) is 16.6 Å². The Morgan fingerprint density at radius 2 is 1.20 bits per heavy atom. The Kier molecular flexibility index (Phi) is 6.05. The number of carbonyl (C=O) groups is 1. The van der Waals surface area contributed by atoms with Crippen LogP contribution in [0.5, 0.6) is 0 Å². The van der Waals surface area contributed by atoms with Crippen molar-refractivity contribution in [1.82, 2.24) is 4.57 Å². The Morgan fingerprint density at radius 3 is 1.98 bits per heavy atom. The minimum Gasteiger partial charge on any atom is -0.309 e. The Balaban J connectivity index is 1.32. The highest BCUT2D eigenvalue weighted by Gasteiger charge is 2.42. The summed E-state index contributed by atoms with van der Waals surface area (Å²) in [6.07, 6.45) is 0. The second-order valence-corrected chi connectivity index (χ2v) is 16.2. The van der Waals surface area contributed by atoms with Crippen LogP contribution < -0.4 is 0 Å². The van der Waals surface area contributed by atoms with Crippen molar-refractivity contribution in [3.63, 3.8) is 0 Å². The summed E-state index contributed by atoms with van der Waals surface area (Å²) in [6, 6.07) is 43.8. The first-order chi connectivity index (χ1) is 23.4. The average molecular weight is 636 g/mol. The smallest absolute Gasteiger partial charge is 0.193 e. The molecule has 2 heteroatoms. The van der Waals surface area contributed by atoms with Gasteiger partial charge in [-0.15, -0.1) is 0 Å². The Bertz CT molecular complexity index is 2530. The molecule has 9 rings (SSSR count). The molecule has 49 heavy (non-hydrogen) atoms. The summed E-state index contributed by atoms with van der Waals surface area (Å²) < 4.78 is 2.47. The molecule has 0 amide bonds. The molecule has 7 aromatic rings. The Hall–Kier alpha value is -5.21. The van der Waals surface area contributed by atoms with Crippen LogP contribution in [0, 0.1) is 0 Å². The van der Waals surface area contributed by atoms with Crippen LogP contribution in [0.4, 0.5) is 0 Å². The third-order valence-corrected chi connectivity index (χ3v) is 11.5. The van der Waals surface area contributed by atoms with Gasteiger partial charge in [0.1, 0.15) is 0 Å². The number of hydrogen-bond acceptors (Lipinski definition) is 1. The first-order valence-electron chi connectivity index (χ1n) is 17.5. The molecule has 1 heterocycles. The molecule has 0 unspecified atom stereocenters. The molecule has 0 aliphatic heterocycles. The summed E-state index contributed by atoms with van der Waals surface area (Å²) in [5.74, 6) is 0.110. The predicted molar refractivity (Wildman–Crippen MR) is 204 cm³/mol. The van der Waals surface area contributed by atoms with E-state index in [0.29, 0.717) is 0 Å². The van der Waals surface area contributed by atoms with E-state index in [9.17, 15) is 4.79 Å². The van der Waals surface area contributed by atoms with E-state index in [2.05, 4.69) is 168 Å². The zero-order valence-corrected chi connectivity index (χ0v) is 29.4. The molecular weight excluding hydrogens is 595 g/mol. The third kappa shape index (κ3) is 4.04. The second kappa shape index (κ2) is 9.92. The average Bonchev–Trinajstić information content (AvgIpc) is 3.55. The van der Waals surface area contributed by atoms with E-state index >= 15 is 0 Å². The van der Waals surface area contributed by atoms with E-state index in [1.807, 2.05) is 6.07 Å². The minimum atomic E-state index is -0.400. The number of benzene rings is 6. The van der Waals surface area contributed by atoms with Crippen LogP contribution in [-0.4, -0.2) is 10.4 Å². The third-order valence-electron chi connectivity index (χ3n) is 11.5. The largest absolute Gasteiger partial charge is 0.309 e. The lowest BCUT2D eigenvalue weighted by Crippen LogP contribution is -2.34. The monoisotopic (exact) mass is 635 g/mol. The van der Waals surface area contributed by atoms with Crippen molar-refractivity contribution in [1.29, 1.82) is 0 Å². The SMILES string of the molecule is CC(C)(C)c1cc(-c2ccccc2)cc2c1C(C)(C)c1cc(-n3c4ccccc4c4ccc5c(c43)C(C)(C)c3ccccc3-5)ccc1C2=O. The molecule has 0 bridgehead atoms. The maximum atomic E-state index is 14.6. The Labute approximate surface area is 289 Å². The fourth-order valence-electron chi connectivity index (χ4n) is 9.13. The lowest BCUT2D eigenvalue weighted by Gasteiger charge is -2.39. The van der Waals surface area contributed by atoms with Gasteiger partial charge in [-0.25, -0.2) is 0 Å². The van der Waals surface area contributed by atoms with Gasteiger partial charge in [-0.05, 0) is 85.8 Å². The fourth-order valence-corrected chi connectivity index (χ4v) is 9.13. The van der Waals surface area contributed by atoms with Crippen molar-refractivity contribution < 1.29 is 4.79 Å². The van der Waals surface area contributed by atoms with Gasteiger partial charge in [0.15, 0.2) is 5.78 Å². The van der Waals surface area contributed by atoms with Gasteiger partial charge in [-0.3, -0.25) is 4.79 Å². The van der Waals surface area contributed by atoms with Gasteiger partial charge in [0.2, 0.25) is 0 Å². The number of aromatic nitrogens is 1. The zero-order valence-electron chi connectivity index (χ0n) is 29.4. The van der Waals surface area contributed by atoms with Crippen molar-refractivity contribution in [2.75, 3.05) is 0 Å². The maximum absolute atomic E-state index is 14.6. The maximum Gasteiger partial charge on any atom is 0.193 e. The van der Waals surface area contributed by atoms with E-state index in [1.54, 1.807) is 0 Å². The van der Waals surface area contributed by atoms with Crippen LogP contribution in [0.25, 0.3) is 49.7 Å². The first-order valence-corrected chi connectivity index (χ1v) is 17.5. The summed E-state index contributed by atoms with van der Waals surface area (Å²) in [7, 11) is 0. The number of nitrogens with zero attached hydrogens (tertiary/aromatic N) is 1. The molecule has 2 aliphatic carbocycles. The van der Waals surface area contributed by atoms with Gasteiger partial charge in [-0.1, -0.05) is 139 Å². The number of ketones is 1. The van der Waals surface area contributed by atoms with Gasteiger partial charge in [0, 0.05) is 38.4 Å². The molecule has 240 valence electrons. The van der Waals surface area contributed by atoms with Gasteiger partial charge in [0.05, 0.1) is 11.0 Å². The van der Waals surface area contributed by atoms with Crippen LogP contribution >= 0.6 is 0 Å². The number of hydrogen-bond donors (Lipinski definition) is 0. The lowest BCUT2D eigenvalue weighted by molar-refractivity contribution is 0.103. The molecule has 1 aromatic heterocycles. The van der Waals surface area contributed by atoms with Crippen molar-refractivity contribution in [2.24, 2.45) is 0 Å². The highest BCUT2D eigenvalue weighted by atomic mass is 16.1. The molecule has 0 N–H and O–H groups in total. The van der Waals surface area contributed by atoms with Crippen LogP contribution in [0.2, 0.25) is 0 Å². The highest BCUT2D eigenvalue weighted by molar-refractivity contribution is 6.15. The van der Waals surface area contributed by atoms with Crippen LogP contribution in [0.1, 0.15) is 92.2 Å².